The Hall–Kier alpha value is -3.28. The lowest BCUT2D eigenvalue weighted by Crippen LogP contribution is -2.11. The van der Waals surface area contributed by atoms with Crippen LogP contribution in [0, 0.1) is 0 Å². The summed E-state index contributed by atoms with van der Waals surface area (Å²) in [5.41, 5.74) is 7.77. The minimum atomic E-state index is -0.502. The Balaban J connectivity index is 1.97. The summed E-state index contributed by atoms with van der Waals surface area (Å²) in [5.74, 6) is -0.394. The fourth-order valence-electron chi connectivity index (χ4n) is 2.72. The number of carbonyl (C=O) groups is 1. The number of nitrogens with one attached hydrogen (secondary N) is 1. The van der Waals surface area contributed by atoms with Gasteiger partial charge in [0.2, 0.25) is 5.91 Å². The molecule has 0 aliphatic heterocycles. The lowest BCUT2D eigenvalue weighted by atomic mass is 10.0. The molecule has 0 unspecified atom stereocenters. The van der Waals surface area contributed by atoms with E-state index in [0.717, 1.165) is 16.5 Å². The number of nitrogens with two attached hydrogens (primary N) is 1. The van der Waals surface area contributed by atoms with Crippen LogP contribution in [0.4, 0.5) is 5.69 Å². The zero-order valence-corrected chi connectivity index (χ0v) is 13.7. The maximum absolute atomic E-state index is 11.8. The van der Waals surface area contributed by atoms with Crippen molar-refractivity contribution in [2.24, 2.45) is 5.73 Å². The number of benzene rings is 2. The third kappa shape index (κ3) is 3.47. The van der Waals surface area contributed by atoms with Crippen molar-refractivity contribution >= 4 is 22.6 Å². The Morgan fingerprint density at radius 2 is 2.00 bits per heavy atom. The standard InChI is InChI=1S/C19H18N2O4/c1-2-11-7-15-13(8-18(23)25-17(15)9-16(11)22)10-21-14-5-3-4-12(6-14)19(20)24/h3-9,21-22H,2,10H2,1H3,(H2,20,24). The molecule has 4 N–H and O–H groups in total. The van der Waals surface area contributed by atoms with Gasteiger partial charge < -0.3 is 20.6 Å². The molecule has 1 amide bonds. The number of aryl methyl sites for hydroxylation is 1. The van der Waals surface area contributed by atoms with Crippen LogP contribution in [0.1, 0.15) is 28.4 Å². The Morgan fingerprint density at radius 3 is 2.72 bits per heavy atom. The highest BCUT2D eigenvalue weighted by Gasteiger charge is 2.10. The molecule has 0 saturated heterocycles. The summed E-state index contributed by atoms with van der Waals surface area (Å²) >= 11 is 0. The van der Waals surface area contributed by atoms with Gasteiger partial charge in [0.1, 0.15) is 11.3 Å². The third-order valence-electron chi connectivity index (χ3n) is 4.04. The van der Waals surface area contributed by atoms with E-state index in [-0.39, 0.29) is 5.75 Å². The van der Waals surface area contributed by atoms with Crippen molar-refractivity contribution in [1.82, 2.24) is 0 Å². The summed E-state index contributed by atoms with van der Waals surface area (Å²) in [7, 11) is 0. The average Bonchev–Trinajstić information content (AvgIpc) is 2.59. The molecular weight excluding hydrogens is 320 g/mol. The monoisotopic (exact) mass is 338 g/mol. The molecule has 3 rings (SSSR count). The second-order valence-corrected chi connectivity index (χ2v) is 5.72. The Bertz CT molecular complexity index is 1010. The number of hydrogen-bond acceptors (Lipinski definition) is 5. The van der Waals surface area contributed by atoms with Gasteiger partial charge in [-0.3, -0.25) is 4.79 Å². The first-order chi connectivity index (χ1) is 12.0. The quantitative estimate of drug-likeness (QED) is 0.620. The molecule has 25 heavy (non-hydrogen) atoms. The largest absolute Gasteiger partial charge is 0.508 e. The first-order valence-electron chi connectivity index (χ1n) is 7.90. The van der Waals surface area contributed by atoms with E-state index in [4.69, 9.17) is 10.2 Å². The fourth-order valence-corrected chi connectivity index (χ4v) is 2.72. The molecule has 0 aliphatic rings. The molecule has 3 aromatic rings. The molecule has 0 atom stereocenters. The van der Waals surface area contributed by atoms with E-state index in [2.05, 4.69) is 5.32 Å². The van der Waals surface area contributed by atoms with Crippen LogP contribution in [0.15, 0.2) is 51.7 Å². The summed E-state index contributed by atoms with van der Waals surface area (Å²) in [6.45, 7) is 2.30. The first kappa shape index (κ1) is 16.6. The molecule has 0 saturated carbocycles. The topological polar surface area (TPSA) is 106 Å². The van der Waals surface area contributed by atoms with E-state index in [0.29, 0.717) is 29.8 Å². The van der Waals surface area contributed by atoms with Gasteiger partial charge in [-0.05, 0) is 41.8 Å². The molecule has 6 nitrogen and oxygen atoms in total. The van der Waals surface area contributed by atoms with Crippen molar-refractivity contribution in [3.8, 4) is 5.75 Å². The molecule has 2 aromatic carbocycles. The number of carbonyl (C=O) groups excluding carboxylic acids is 1. The van der Waals surface area contributed by atoms with Crippen LogP contribution < -0.4 is 16.7 Å². The van der Waals surface area contributed by atoms with Gasteiger partial charge in [0.05, 0.1) is 0 Å². The van der Waals surface area contributed by atoms with E-state index in [1.165, 1.54) is 12.1 Å². The number of fused-ring (bicyclic) bond motifs is 1. The van der Waals surface area contributed by atoms with Gasteiger partial charge in [-0.2, -0.15) is 0 Å². The highest BCUT2D eigenvalue weighted by atomic mass is 16.4. The molecule has 0 radical (unpaired) electrons. The van der Waals surface area contributed by atoms with Crippen LogP contribution in [0.25, 0.3) is 11.0 Å². The van der Waals surface area contributed by atoms with Crippen molar-refractivity contribution in [3.63, 3.8) is 0 Å². The van der Waals surface area contributed by atoms with Crippen LogP contribution >= 0.6 is 0 Å². The highest BCUT2D eigenvalue weighted by molar-refractivity contribution is 5.93. The van der Waals surface area contributed by atoms with E-state index < -0.39 is 11.5 Å². The van der Waals surface area contributed by atoms with Crippen molar-refractivity contribution in [3.05, 3.63) is 69.6 Å². The van der Waals surface area contributed by atoms with Crippen molar-refractivity contribution in [2.45, 2.75) is 19.9 Å². The molecule has 1 aromatic heterocycles. The smallest absolute Gasteiger partial charge is 0.336 e. The number of primary amides is 1. The van der Waals surface area contributed by atoms with Gasteiger partial charge in [-0.1, -0.05) is 13.0 Å². The molecule has 128 valence electrons. The van der Waals surface area contributed by atoms with E-state index >= 15 is 0 Å². The number of hydrogen-bond donors (Lipinski definition) is 3. The van der Waals surface area contributed by atoms with Crippen molar-refractivity contribution in [2.75, 3.05) is 5.32 Å². The molecule has 1 heterocycles. The Kier molecular flexibility index (Phi) is 4.43. The molecule has 0 aliphatic carbocycles. The van der Waals surface area contributed by atoms with E-state index in [1.54, 1.807) is 18.2 Å². The first-order valence-corrected chi connectivity index (χ1v) is 7.90. The zero-order valence-electron chi connectivity index (χ0n) is 13.7. The molecular formula is C19H18N2O4. The Labute approximate surface area is 143 Å². The second kappa shape index (κ2) is 6.68. The van der Waals surface area contributed by atoms with Crippen molar-refractivity contribution < 1.29 is 14.3 Å². The number of phenolic OH excluding ortho intramolecular Hbond substituents is 1. The molecule has 0 bridgehead atoms. The SMILES string of the molecule is CCc1cc2c(CNc3cccc(C(N)=O)c3)cc(=O)oc2cc1O. The minimum absolute atomic E-state index is 0.109. The number of phenols is 1. The predicted molar refractivity (Wildman–Crippen MR) is 95.8 cm³/mol. The van der Waals surface area contributed by atoms with Gasteiger partial charge in [0.25, 0.3) is 0 Å². The fraction of sp³-hybridized carbons (Fsp3) is 0.158. The van der Waals surface area contributed by atoms with Crippen LogP contribution in [0.5, 0.6) is 5.75 Å². The molecule has 0 spiro atoms. The van der Waals surface area contributed by atoms with Crippen LogP contribution in [-0.4, -0.2) is 11.0 Å². The van der Waals surface area contributed by atoms with Gasteiger partial charge >= 0.3 is 5.63 Å². The van der Waals surface area contributed by atoms with Gasteiger partial charge in [-0.25, -0.2) is 4.79 Å². The molecule has 6 heteroatoms. The van der Waals surface area contributed by atoms with E-state index in [9.17, 15) is 14.7 Å². The predicted octanol–water partition coefficient (Wildman–Crippen LogP) is 2.77. The number of rotatable bonds is 5. The lowest BCUT2D eigenvalue weighted by Gasteiger charge is -2.11. The zero-order chi connectivity index (χ0) is 18.0. The summed E-state index contributed by atoms with van der Waals surface area (Å²) in [6.07, 6.45) is 0.661. The third-order valence-corrected chi connectivity index (χ3v) is 4.04. The van der Waals surface area contributed by atoms with Gasteiger partial charge in [0, 0.05) is 35.3 Å². The van der Waals surface area contributed by atoms with Crippen molar-refractivity contribution in [1.29, 1.82) is 0 Å². The average molecular weight is 338 g/mol. The van der Waals surface area contributed by atoms with Crippen LogP contribution in [0.2, 0.25) is 0 Å². The maximum Gasteiger partial charge on any atom is 0.336 e. The van der Waals surface area contributed by atoms with E-state index in [1.807, 2.05) is 19.1 Å². The van der Waals surface area contributed by atoms with Gasteiger partial charge in [-0.15, -0.1) is 0 Å². The summed E-state index contributed by atoms with van der Waals surface area (Å²) < 4.78 is 5.18. The second-order valence-electron chi connectivity index (χ2n) is 5.72. The lowest BCUT2D eigenvalue weighted by molar-refractivity contribution is 0.100. The number of amides is 1. The van der Waals surface area contributed by atoms with Crippen LogP contribution in [0.3, 0.4) is 0 Å². The summed E-state index contributed by atoms with van der Waals surface area (Å²) in [5, 5.41) is 13.9. The Morgan fingerprint density at radius 1 is 1.20 bits per heavy atom. The molecule has 0 fully saturated rings. The maximum atomic E-state index is 11.8. The number of aromatic hydroxyl groups is 1. The highest BCUT2D eigenvalue weighted by Crippen LogP contribution is 2.27. The minimum Gasteiger partial charge on any atom is -0.508 e. The van der Waals surface area contributed by atoms with Gasteiger partial charge in [0.15, 0.2) is 0 Å². The van der Waals surface area contributed by atoms with Crippen LogP contribution in [-0.2, 0) is 13.0 Å². The normalized spacial score (nSPS) is 10.8. The number of anilines is 1. The summed E-state index contributed by atoms with van der Waals surface area (Å²) in [6, 6.07) is 11.5. The summed E-state index contributed by atoms with van der Waals surface area (Å²) in [4.78, 5) is 23.1.